The van der Waals surface area contributed by atoms with Gasteiger partial charge in [0.25, 0.3) is 5.91 Å². The van der Waals surface area contributed by atoms with Gasteiger partial charge >= 0.3 is 0 Å². The van der Waals surface area contributed by atoms with Crippen molar-refractivity contribution >= 4 is 23.2 Å². The van der Waals surface area contributed by atoms with Crippen molar-refractivity contribution in [3.05, 3.63) is 64.2 Å². The second-order valence-corrected chi connectivity index (χ2v) is 5.25. The summed E-state index contributed by atoms with van der Waals surface area (Å²) < 4.78 is 0. The Hall–Kier alpha value is -1.84. The summed E-state index contributed by atoms with van der Waals surface area (Å²) >= 11 is 6.06. The predicted octanol–water partition coefficient (Wildman–Crippen LogP) is 4.01. The summed E-state index contributed by atoms with van der Waals surface area (Å²) in [7, 11) is 0. The number of halogens is 1. The van der Waals surface area contributed by atoms with Crippen LogP contribution in [0, 0.1) is 6.92 Å². The first-order chi connectivity index (χ1) is 10.1. The van der Waals surface area contributed by atoms with Crippen molar-refractivity contribution in [1.29, 1.82) is 0 Å². The quantitative estimate of drug-likeness (QED) is 0.876. The second kappa shape index (κ2) is 7.25. The van der Waals surface area contributed by atoms with Crippen molar-refractivity contribution in [3.63, 3.8) is 0 Å². The topological polar surface area (TPSA) is 41.1 Å². The van der Waals surface area contributed by atoms with Gasteiger partial charge in [-0.05, 0) is 48.9 Å². The van der Waals surface area contributed by atoms with Gasteiger partial charge in [-0.25, -0.2) is 0 Å². The van der Waals surface area contributed by atoms with Gasteiger partial charge in [-0.15, -0.1) is 0 Å². The molecule has 0 aromatic heterocycles. The Morgan fingerprint density at radius 1 is 1.19 bits per heavy atom. The van der Waals surface area contributed by atoms with Crippen molar-refractivity contribution in [2.45, 2.75) is 20.4 Å². The van der Waals surface area contributed by atoms with Gasteiger partial charge in [0.05, 0.1) is 0 Å². The van der Waals surface area contributed by atoms with E-state index in [9.17, 15) is 4.79 Å². The third-order valence-corrected chi connectivity index (χ3v) is 3.69. The van der Waals surface area contributed by atoms with Crippen LogP contribution in [0.4, 0.5) is 5.69 Å². The highest BCUT2D eigenvalue weighted by Crippen LogP contribution is 2.20. The molecule has 0 aliphatic carbocycles. The van der Waals surface area contributed by atoms with Crippen molar-refractivity contribution in [3.8, 4) is 0 Å². The maximum Gasteiger partial charge on any atom is 0.255 e. The predicted molar refractivity (Wildman–Crippen MR) is 88.0 cm³/mol. The number of nitrogens with one attached hydrogen (secondary N) is 2. The van der Waals surface area contributed by atoms with Gasteiger partial charge in [-0.3, -0.25) is 4.79 Å². The number of amides is 1. The van der Waals surface area contributed by atoms with E-state index in [0.29, 0.717) is 10.6 Å². The maximum absolute atomic E-state index is 12.3. The standard InChI is InChI=1S/C17H19ClN2O/c1-3-19-11-13-6-4-7-14(10-13)20-17(21)15-8-5-9-16(18)12(15)2/h4-10,19H,3,11H2,1-2H3,(H,20,21). The number of hydrogen-bond donors (Lipinski definition) is 2. The second-order valence-electron chi connectivity index (χ2n) is 4.85. The van der Waals surface area contributed by atoms with Crippen LogP contribution in [0.3, 0.4) is 0 Å². The Bertz CT molecular complexity index is 640. The molecule has 0 aliphatic rings. The lowest BCUT2D eigenvalue weighted by molar-refractivity contribution is 0.102. The lowest BCUT2D eigenvalue weighted by atomic mass is 10.1. The molecule has 0 saturated carbocycles. The Balaban J connectivity index is 2.14. The van der Waals surface area contributed by atoms with Crippen LogP contribution in [-0.4, -0.2) is 12.5 Å². The van der Waals surface area contributed by atoms with E-state index in [2.05, 4.69) is 17.6 Å². The third kappa shape index (κ3) is 4.06. The zero-order valence-corrected chi connectivity index (χ0v) is 13.0. The fraction of sp³-hybridized carbons (Fsp3) is 0.235. The number of benzene rings is 2. The molecule has 2 rings (SSSR count). The van der Waals surface area contributed by atoms with Crippen molar-refractivity contribution < 1.29 is 4.79 Å². The van der Waals surface area contributed by atoms with E-state index in [4.69, 9.17) is 11.6 Å². The molecule has 0 unspecified atom stereocenters. The summed E-state index contributed by atoms with van der Waals surface area (Å²) in [5, 5.41) is 6.78. The number of hydrogen-bond acceptors (Lipinski definition) is 2. The number of anilines is 1. The van der Waals surface area contributed by atoms with E-state index in [0.717, 1.165) is 29.9 Å². The van der Waals surface area contributed by atoms with Gasteiger partial charge < -0.3 is 10.6 Å². The van der Waals surface area contributed by atoms with Gasteiger partial charge in [0.15, 0.2) is 0 Å². The first-order valence-electron chi connectivity index (χ1n) is 6.98. The molecule has 0 saturated heterocycles. The maximum atomic E-state index is 12.3. The summed E-state index contributed by atoms with van der Waals surface area (Å²) in [4.78, 5) is 12.3. The SMILES string of the molecule is CCNCc1cccc(NC(=O)c2cccc(Cl)c2C)c1. The molecule has 1 amide bonds. The highest BCUT2D eigenvalue weighted by atomic mass is 35.5. The molecular weight excluding hydrogens is 284 g/mol. The van der Waals surface area contributed by atoms with E-state index in [1.807, 2.05) is 31.2 Å². The average molecular weight is 303 g/mol. The molecule has 0 spiro atoms. The Kier molecular flexibility index (Phi) is 5.37. The van der Waals surface area contributed by atoms with E-state index < -0.39 is 0 Å². The van der Waals surface area contributed by atoms with E-state index in [1.54, 1.807) is 18.2 Å². The molecule has 110 valence electrons. The fourth-order valence-electron chi connectivity index (χ4n) is 2.08. The van der Waals surface area contributed by atoms with Gasteiger partial charge in [0.2, 0.25) is 0 Å². The molecule has 0 heterocycles. The van der Waals surface area contributed by atoms with Gasteiger partial charge in [-0.2, -0.15) is 0 Å². The van der Waals surface area contributed by atoms with Crippen LogP contribution in [0.1, 0.15) is 28.4 Å². The lowest BCUT2D eigenvalue weighted by Gasteiger charge is -2.10. The number of carbonyl (C=O) groups is 1. The molecule has 4 heteroatoms. The summed E-state index contributed by atoms with van der Waals surface area (Å²) in [6.07, 6.45) is 0. The fourth-order valence-corrected chi connectivity index (χ4v) is 2.25. The minimum Gasteiger partial charge on any atom is -0.322 e. The van der Waals surface area contributed by atoms with Crippen molar-refractivity contribution in [2.24, 2.45) is 0 Å². The number of carbonyl (C=O) groups excluding carboxylic acids is 1. The van der Waals surface area contributed by atoms with Crippen LogP contribution in [0.2, 0.25) is 5.02 Å². The van der Waals surface area contributed by atoms with Crippen molar-refractivity contribution in [1.82, 2.24) is 5.32 Å². The van der Waals surface area contributed by atoms with E-state index >= 15 is 0 Å². The molecule has 3 nitrogen and oxygen atoms in total. The monoisotopic (exact) mass is 302 g/mol. The van der Waals surface area contributed by atoms with Gasteiger partial charge in [0.1, 0.15) is 0 Å². The summed E-state index contributed by atoms with van der Waals surface area (Å²) in [5.74, 6) is -0.143. The average Bonchev–Trinajstić information content (AvgIpc) is 2.48. The number of rotatable bonds is 5. The molecule has 0 bridgehead atoms. The highest BCUT2D eigenvalue weighted by molar-refractivity contribution is 6.32. The molecule has 2 aromatic rings. The zero-order valence-electron chi connectivity index (χ0n) is 12.2. The smallest absolute Gasteiger partial charge is 0.255 e. The summed E-state index contributed by atoms with van der Waals surface area (Å²) in [5.41, 5.74) is 3.31. The summed E-state index contributed by atoms with van der Waals surface area (Å²) in [6, 6.07) is 13.2. The normalized spacial score (nSPS) is 10.4. The van der Waals surface area contributed by atoms with Gasteiger partial charge in [-0.1, -0.05) is 36.7 Å². The molecule has 2 N–H and O–H groups in total. The lowest BCUT2D eigenvalue weighted by Crippen LogP contribution is -2.15. The molecule has 0 radical (unpaired) electrons. The molecule has 0 fully saturated rings. The minimum absolute atomic E-state index is 0.143. The molecular formula is C17H19ClN2O. The van der Waals surface area contributed by atoms with Crippen LogP contribution in [0.25, 0.3) is 0 Å². The Morgan fingerprint density at radius 3 is 2.71 bits per heavy atom. The van der Waals surface area contributed by atoms with E-state index in [-0.39, 0.29) is 5.91 Å². The Morgan fingerprint density at radius 2 is 1.95 bits per heavy atom. The van der Waals surface area contributed by atoms with Crippen LogP contribution in [-0.2, 0) is 6.54 Å². The van der Waals surface area contributed by atoms with Crippen LogP contribution in [0.5, 0.6) is 0 Å². The Labute approximate surface area is 130 Å². The van der Waals surface area contributed by atoms with Crippen LogP contribution >= 0.6 is 11.6 Å². The van der Waals surface area contributed by atoms with Gasteiger partial charge in [0, 0.05) is 22.8 Å². The molecule has 21 heavy (non-hydrogen) atoms. The minimum atomic E-state index is -0.143. The zero-order chi connectivity index (χ0) is 15.2. The van der Waals surface area contributed by atoms with Crippen molar-refractivity contribution in [2.75, 3.05) is 11.9 Å². The molecule has 0 aliphatic heterocycles. The third-order valence-electron chi connectivity index (χ3n) is 3.28. The van der Waals surface area contributed by atoms with Crippen LogP contribution in [0.15, 0.2) is 42.5 Å². The first kappa shape index (κ1) is 15.5. The first-order valence-corrected chi connectivity index (χ1v) is 7.35. The largest absolute Gasteiger partial charge is 0.322 e. The van der Waals surface area contributed by atoms with Crippen LogP contribution < -0.4 is 10.6 Å². The molecule has 0 atom stereocenters. The van der Waals surface area contributed by atoms with E-state index in [1.165, 1.54) is 0 Å². The summed E-state index contributed by atoms with van der Waals surface area (Å²) in [6.45, 7) is 5.61. The highest BCUT2D eigenvalue weighted by Gasteiger charge is 2.11. The molecule has 2 aromatic carbocycles.